The number of rotatable bonds is 2. The molecule has 1 amide bonds. The number of hydrogen-bond acceptors (Lipinski definition) is 3. The Labute approximate surface area is 117 Å². The summed E-state index contributed by atoms with van der Waals surface area (Å²) in [4.78, 5) is 11.4. The van der Waals surface area contributed by atoms with Gasteiger partial charge in [0.1, 0.15) is 5.75 Å². The summed E-state index contributed by atoms with van der Waals surface area (Å²) in [5.74, 6) is 1.33. The Hall–Kier alpha value is -2.49. The standard InChI is InChI=1S/C16H16N2O2/c1-10-3-2-4-12(7-10)20-15-9-14-11(8-13(15)17)5-6-16(19)18-14/h2-4,7-9H,5-6,17H2,1H3,(H,18,19). The van der Waals surface area contributed by atoms with E-state index >= 15 is 0 Å². The van der Waals surface area contributed by atoms with Gasteiger partial charge in [-0.3, -0.25) is 4.79 Å². The summed E-state index contributed by atoms with van der Waals surface area (Å²) in [6.07, 6.45) is 1.22. The van der Waals surface area contributed by atoms with E-state index in [9.17, 15) is 4.79 Å². The van der Waals surface area contributed by atoms with Crippen molar-refractivity contribution in [3.63, 3.8) is 0 Å². The highest BCUT2D eigenvalue weighted by molar-refractivity contribution is 5.94. The molecule has 1 aliphatic heterocycles. The maximum atomic E-state index is 11.4. The quantitative estimate of drug-likeness (QED) is 0.822. The van der Waals surface area contributed by atoms with E-state index in [2.05, 4.69) is 5.32 Å². The Bertz CT molecular complexity index is 680. The smallest absolute Gasteiger partial charge is 0.224 e. The van der Waals surface area contributed by atoms with Gasteiger partial charge in [0.05, 0.1) is 5.69 Å². The summed E-state index contributed by atoms with van der Waals surface area (Å²) >= 11 is 0. The number of anilines is 2. The summed E-state index contributed by atoms with van der Waals surface area (Å²) in [7, 11) is 0. The minimum atomic E-state index is 0.0313. The number of carbonyl (C=O) groups is 1. The van der Waals surface area contributed by atoms with Crippen molar-refractivity contribution in [3.05, 3.63) is 47.5 Å². The SMILES string of the molecule is Cc1cccc(Oc2cc3c(cc2N)CCC(=O)N3)c1. The maximum absolute atomic E-state index is 11.4. The van der Waals surface area contributed by atoms with Crippen molar-refractivity contribution < 1.29 is 9.53 Å². The molecule has 1 aliphatic rings. The highest BCUT2D eigenvalue weighted by Gasteiger charge is 2.17. The number of nitrogens with two attached hydrogens (primary N) is 1. The summed E-state index contributed by atoms with van der Waals surface area (Å²) in [6, 6.07) is 11.4. The molecule has 0 radical (unpaired) electrons. The summed E-state index contributed by atoms with van der Waals surface area (Å²) < 4.78 is 5.81. The van der Waals surface area contributed by atoms with Gasteiger partial charge in [0, 0.05) is 18.2 Å². The Balaban J connectivity index is 1.94. The first-order valence-corrected chi connectivity index (χ1v) is 6.58. The number of amides is 1. The number of hydrogen-bond donors (Lipinski definition) is 2. The van der Waals surface area contributed by atoms with Gasteiger partial charge in [-0.05, 0) is 42.7 Å². The molecule has 0 aliphatic carbocycles. The lowest BCUT2D eigenvalue weighted by Gasteiger charge is -2.19. The number of nitrogen functional groups attached to an aromatic ring is 1. The number of carbonyl (C=O) groups excluding carboxylic acids is 1. The molecule has 2 aromatic carbocycles. The van der Waals surface area contributed by atoms with Crippen molar-refractivity contribution in [2.75, 3.05) is 11.1 Å². The molecular formula is C16H16N2O2. The predicted molar refractivity (Wildman–Crippen MR) is 79.1 cm³/mol. The van der Waals surface area contributed by atoms with Gasteiger partial charge in [0.25, 0.3) is 0 Å². The van der Waals surface area contributed by atoms with Gasteiger partial charge < -0.3 is 15.8 Å². The zero-order valence-corrected chi connectivity index (χ0v) is 11.3. The van der Waals surface area contributed by atoms with E-state index in [0.717, 1.165) is 29.0 Å². The van der Waals surface area contributed by atoms with Crippen LogP contribution >= 0.6 is 0 Å². The van der Waals surface area contributed by atoms with Crippen molar-refractivity contribution in [2.45, 2.75) is 19.8 Å². The first-order chi connectivity index (χ1) is 9.61. The van der Waals surface area contributed by atoms with Gasteiger partial charge in [-0.1, -0.05) is 12.1 Å². The van der Waals surface area contributed by atoms with Crippen molar-refractivity contribution in [3.8, 4) is 11.5 Å². The molecular weight excluding hydrogens is 252 g/mol. The molecule has 0 spiro atoms. The van der Waals surface area contributed by atoms with E-state index < -0.39 is 0 Å². The molecule has 0 bridgehead atoms. The fourth-order valence-corrected chi connectivity index (χ4v) is 2.32. The van der Waals surface area contributed by atoms with Crippen LogP contribution in [-0.2, 0) is 11.2 Å². The largest absolute Gasteiger partial charge is 0.455 e. The van der Waals surface area contributed by atoms with Gasteiger partial charge in [-0.25, -0.2) is 0 Å². The van der Waals surface area contributed by atoms with Crippen LogP contribution in [0.15, 0.2) is 36.4 Å². The van der Waals surface area contributed by atoms with Crippen LogP contribution in [0.1, 0.15) is 17.5 Å². The molecule has 0 unspecified atom stereocenters. The molecule has 3 N–H and O–H groups in total. The molecule has 0 atom stereocenters. The number of aryl methyl sites for hydroxylation is 2. The third-order valence-corrected chi connectivity index (χ3v) is 3.35. The fraction of sp³-hybridized carbons (Fsp3) is 0.188. The van der Waals surface area contributed by atoms with Crippen molar-refractivity contribution >= 4 is 17.3 Å². The Morgan fingerprint density at radius 1 is 1.20 bits per heavy atom. The second-order valence-electron chi connectivity index (χ2n) is 5.01. The lowest BCUT2D eigenvalue weighted by atomic mass is 10.0. The fourth-order valence-electron chi connectivity index (χ4n) is 2.32. The van der Waals surface area contributed by atoms with Gasteiger partial charge in [-0.15, -0.1) is 0 Å². The highest BCUT2D eigenvalue weighted by Crippen LogP contribution is 2.35. The van der Waals surface area contributed by atoms with Crippen LogP contribution in [0, 0.1) is 6.92 Å². The Morgan fingerprint density at radius 3 is 2.85 bits per heavy atom. The van der Waals surface area contributed by atoms with E-state index in [1.807, 2.05) is 37.3 Å². The average Bonchev–Trinajstić information content (AvgIpc) is 2.40. The number of fused-ring (bicyclic) bond motifs is 1. The second-order valence-corrected chi connectivity index (χ2v) is 5.01. The molecule has 0 fully saturated rings. The molecule has 4 nitrogen and oxygen atoms in total. The third-order valence-electron chi connectivity index (χ3n) is 3.35. The lowest BCUT2D eigenvalue weighted by molar-refractivity contribution is -0.116. The van der Waals surface area contributed by atoms with Gasteiger partial charge in [0.15, 0.2) is 5.75 Å². The highest BCUT2D eigenvalue weighted by atomic mass is 16.5. The summed E-state index contributed by atoms with van der Waals surface area (Å²) in [5, 5.41) is 2.85. The van der Waals surface area contributed by atoms with Crippen molar-refractivity contribution in [1.82, 2.24) is 0 Å². The minimum Gasteiger partial charge on any atom is -0.455 e. The van der Waals surface area contributed by atoms with Gasteiger partial charge >= 0.3 is 0 Å². The van der Waals surface area contributed by atoms with Crippen LogP contribution in [0.4, 0.5) is 11.4 Å². The number of ether oxygens (including phenoxy) is 1. The van der Waals surface area contributed by atoms with E-state index in [1.54, 1.807) is 6.07 Å². The summed E-state index contributed by atoms with van der Waals surface area (Å²) in [5.41, 5.74) is 9.57. The van der Waals surface area contributed by atoms with Gasteiger partial charge in [-0.2, -0.15) is 0 Å². The third kappa shape index (κ3) is 2.45. The molecule has 0 saturated carbocycles. The molecule has 3 rings (SSSR count). The lowest BCUT2D eigenvalue weighted by Crippen LogP contribution is -2.19. The number of nitrogens with one attached hydrogen (secondary N) is 1. The zero-order valence-electron chi connectivity index (χ0n) is 11.3. The van der Waals surface area contributed by atoms with Crippen LogP contribution in [0.25, 0.3) is 0 Å². The zero-order chi connectivity index (χ0) is 14.1. The van der Waals surface area contributed by atoms with Crippen LogP contribution in [-0.4, -0.2) is 5.91 Å². The average molecular weight is 268 g/mol. The second kappa shape index (κ2) is 4.89. The predicted octanol–water partition coefficient (Wildman–Crippen LogP) is 3.25. The molecule has 4 heteroatoms. The van der Waals surface area contributed by atoms with Crippen LogP contribution in [0.2, 0.25) is 0 Å². The van der Waals surface area contributed by atoms with Crippen molar-refractivity contribution in [2.24, 2.45) is 0 Å². The molecule has 0 saturated heterocycles. The molecule has 0 aromatic heterocycles. The Kier molecular flexibility index (Phi) is 3.06. The first kappa shape index (κ1) is 12.5. The summed E-state index contributed by atoms with van der Waals surface area (Å²) in [6.45, 7) is 2.00. The van der Waals surface area contributed by atoms with Gasteiger partial charge in [0.2, 0.25) is 5.91 Å². The molecule has 2 aromatic rings. The first-order valence-electron chi connectivity index (χ1n) is 6.58. The minimum absolute atomic E-state index is 0.0313. The van der Waals surface area contributed by atoms with Crippen molar-refractivity contribution in [1.29, 1.82) is 0 Å². The monoisotopic (exact) mass is 268 g/mol. The number of benzene rings is 2. The van der Waals surface area contributed by atoms with Crippen LogP contribution in [0.5, 0.6) is 11.5 Å². The molecule has 102 valence electrons. The van der Waals surface area contributed by atoms with E-state index in [4.69, 9.17) is 10.5 Å². The molecule has 1 heterocycles. The Morgan fingerprint density at radius 2 is 2.05 bits per heavy atom. The van der Waals surface area contributed by atoms with Crippen LogP contribution in [0.3, 0.4) is 0 Å². The van der Waals surface area contributed by atoms with E-state index in [0.29, 0.717) is 17.9 Å². The van der Waals surface area contributed by atoms with E-state index in [1.165, 1.54) is 0 Å². The normalized spacial score (nSPS) is 13.6. The molecule has 20 heavy (non-hydrogen) atoms. The van der Waals surface area contributed by atoms with E-state index in [-0.39, 0.29) is 5.91 Å². The van der Waals surface area contributed by atoms with Crippen LogP contribution < -0.4 is 15.8 Å². The maximum Gasteiger partial charge on any atom is 0.224 e. The topological polar surface area (TPSA) is 64.3 Å².